The minimum atomic E-state index is -0.651. The van der Waals surface area contributed by atoms with Crippen LogP contribution in [-0.2, 0) is 33.7 Å². The van der Waals surface area contributed by atoms with Crippen molar-refractivity contribution in [2.45, 2.75) is 32.0 Å². The molecule has 33 heavy (non-hydrogen) atoms. The predicted molar refractivity (Wildman–Crippen MR) is 127 cm³/mol. The molecular formula is C27H32O6. The van der Waals surface area contributed by atoms with Crippen molar-refractivity contribution >= 4 is 0 Å². The molecule has 0 spiro atoms. The van der Waals surface area contributed by atoms with Crippen LogP contribution in [0.5, 0.6) is 17.2 Å². The molecule has 0 aliphatic rings. The highest BCUT2D eigenvalue weighted by Gasteiger charge is 2.26. The predicted octanol–water partition coefficient (Wildman–Crippen LogP) is 4.60. The van der Waals surface area contributed by atoms with E-state index in [2.05, 4.69) is 0 Å². The largest absolute Gasteiger partial charge is 0.508 e. The van der Waals surface area contributed by atoms with E-state index in [1.807, 2.05) is 43.3 Å². The van der Waals surface area contributed by atoms with Crippen molar-refractivity contribution in [1.82, 2.24) is 0 Å². The van der Waals surface area contributed by atoms with Crippen LogP contribution in [0.25, 0.3) is 0 Å². The third-order valence-corrected chi connectivity index (χ3v) is 5.28. The summed E-state index contributed by atoms with van der Waals surface area (Å²) in [6.07, 6.45) is 1.46. The molecule has 0 unspecified atom stereocenters. The van der Waals surface area contributed by atoms with Crippen LogP contribution in [0.15, 0.2) is 72.8 Å². The minimum Gasteiger partial charge on any atom is -0.508 e. The lowest BCUT2D eigenvalue weighted by Gasteiger charge is -2.30. The van der Waals surface area contributed by atoms with Gasteiger partial charge >= 0.3 is 0 Å². The zero-order chi connectivity index (χ0) is 23.5. The van der Waals surface area contributed by atoms with Crippen LogP contribution in [0.1, 0.15) is 23.6 Å². The Morgan fingerprint density at radius 1 is 0.576 bits per heavy atom. The number of phenolic OH excluding ortho intramolecular Hbond substituents is 3. The van der Waals surface area contributed by atoms with Crippen LogP contribution in [-0.4, -0.2) is 47.3 Å². The van der Waals surface area contributed by atoms with Crippen LogP contribution in [0.4, 0.5) is 0 Å². The fourth-order valence-corrected chi connectivity index (χ4v) is 3.26. The molecule has 0 bridgehead atoms. The quantitative estimate of drug-likeness (QED) is 0.329. The van der Waals surface area contributed by atoms with Crippen molar-refractivity contribution in [3.8, 4) is 17.2 Å². The third-order valence-electron chi connectivity index (χ3n) is 5.28. The highest BCUT2D eigenvalue weighted by atomic mass is 16.6. The molecular weight excluding hydrogens is 420 g/mol. The van der Waals surface area contributed by atoms with E-state index in [4.69, 9.17) is 14.2 Å². The van der Waals surface area contributed by atoms with Crippen LogP contribution in [0, 0.1) is 0 Å². The Hall–Kier alpha value is -3.06. The van der Waals surface area contributed by atoms with E-state index in [0.29, 0.717) is 33.0 Å². The summed E-state index contributed by atoms with van der Waals surface area (Å²) in [5.74, 6) is 0.718. The summed E-state index contributed by atoms with van der Waals surface area (Å²) in [7, 11) is 0. The van der Waals surface area contributed by atoms with E-state index in [1.165, 1.54) is 0 Å². The van der Waals surface area contributed by atoms with E-state index >= 15 is 0 Å². The van der Waals surface area contributed by atoms with Gasteiger partial charge in [0.05, 0.1) is 33.0 Å². The fraction of sp³-hybridized carbons (Fsp3) is 0.333. The molecule has 6 heteroatoms. The van der Waals surface area contributed by atoms with Crippen molar-refractivity contribution < 1.29 is 29.5 Å². The highest BCUT2D eigenvalue weighted by molar-refractivity contribution is 5.27. The minimum absolute atomic E-state index is 0.219. The first-order valence-electron chi connectivity index (χ1n) is 11.1. The van der Waals surface area contributed by atoms with E-state index in [1.54, 1.807) is 36.4 Å². The molecule has 0 saturated carbocycles. The fourth-order valence-electron chi connectivity index (χ4n) is 3.26. The van der Waals surface area contributed by atoms with Gasteiger partial charge in [-0.25, -0.2) is 0 Å². The van der Waals surface area contributed by atoms with E-state index in [9.17, 15) is 15.3 Å². The Kier molecular flexibility index (Phi) is 9.13. The Labute approximate surface area is 195 Å². The molecule has 0 aliphatic carbocycles. The molecule has 0 radical (unpaired) electrons. The zero-order valence-corrected chi connectivity index (χ0v) is 18.9. The van der Waals surface area contributed by atoms with Crippen molar-refractivity contribution in [1.29, 1.82) is 0 Å². The molecule has 6 nitrogen and oxygen atoms in total. The number of rotatable bonds is 13. The third kappa shape index (κ3) is 8.77. The molecule has 3 aromatic rings. The van der Waals surface area contributed by atoms with Gasteiger partial charge in [-0.1, -0.05) is 36.4 Å². The number of hydrogen-bond acceptors (Lipinski definition) is 6. The first-order chi connectivity index (χ1) is 15.9. The van der Waals surface area contributed by atoms with Gasteiger partial charge in [0, 0.05) is 0 Å². The smallest absolute Gasteiger partial charge is 0.115 e. The Bertz CT molecular complexity index is 898. The molecule has 176 valence electrons. The summed E-state index contributed by atoms with van der Waals surface area (Å²) >= 11 is 0. The second-order valence-corrected chi connectivity index (χ2v) is 8.34. The van der Waals surface area contributed by atoms with Gasteiger partial charge in [-0.3, -0.25) is 0 Å². The van der Waals surface area contributed by atoms with Gasteiger partial charge in [0.15, 0.2) is 0 Å². The van der Waals surface area contributed by atoms with Crippen LogP contribution >= 0.6 is 0 Å². The Morgan fingerprint density at radius 3 is 1.33 bits per heavy atom. The Balaban J connectivity index is 1.49. The van der Waals surface area contributed by atoms with Crippen molar-refractivity contribution in [3.05, 3.63) is 89.5 Å². The summed E-state index contributed by atoms with van der Waals surface area (Å²) in [5.41, 5.74) is 2.48. The molecule has 0 aliphatic heterocycles. The van der Waals surface area contributed by atoms with Crippen LogP contribution in [0.2, 0.25) is 0 Å². The van der Waals surface area contributed by atoms with E-state index in [-0.39, 0.29) is 17.2 Å². The molecule has 0 fully saturated rings. The first-order valence-corrected chi connectivity index (χ1v) is 11.1. The molecule has 0 amide bonds. The summed E-state index contributed by atoms with van der Waals surface area (Å²) in [6.45, 7) is 4.12. The van der Waals surface area contributed by atoms with E-state index < -0.39 is 5.60 Å². The molecule has 3 aromatic carbocycles. The lowest BCUT2D eigenvalue weighted by atomic mass is 10.1. The molecule has 0 atom stereocenters. The monoisotopic (exact) mass is 452 g/mol. The van der Waals surface area contributed by atoms with Crippen molar-refractivity contribution in [2.24, 2.45) is 0 Å². The standard InChI is InChI=1S/C27H32O6/c1-27(33-18-23-6-12-26(30)13-7-23,19-31-16-14-21-2-8-24(28)9-3-21)20-32-17-15-22-4-10-25(29)11-5-22/h2-13,28-30H,14-20H2,1H3. The first kappa shape index (κ1) is 24.6. The zero-order valence-electron chi connectivity index (χ0n) is 18.9. The number of hydrogen-bond donors (Lipinski definition) is 3. The van der Waals surface area contributed by atoms with Gasteiger partial charge in [-0.05, 0) is 72.9 Å². The molecule has 0 heterocycles. The van der Waals surface area contributed by atoms with Gasteiger partial charge in [-0.2, -0.15) is 0 Å². The second kappa shape index (κ2) is 12.3. The van der Waals surface area contributed by atoms with Crippen LogP contribution in [0.3, 0.4) is 0 Å². The summed E-state index contributed by atoms with van der Waals surface area (Å²) in [4.78, 5) is 0. The van der Waals surface area contributed by atoms with Gasteiger partial charge in [0.25, 0.3) is 0 Å². The lowest BCUT2D eigenvalue weighted by molar-refractivity contribution is -0.132. The number of phenols is 3. The molecule has 3 N–H and O–H groups in total. The molecule has 0 saturated heterocycles. The average Bonchev–Trinajstić information content (AvgIpc) is 2.82. The SMILES string of the molecule is CC(COCCc1ccc(O)cc1)(COCCc1ccc(O)cc1)OCc1ccc(O)cc1. The molecule has 0 aromatic heterocycles. The number of ether oxygens (including phenoxy) is 3. The average molecular weight is 453 g/mol. The summed E-state index contributed by atoms with van der Waals surface area (Å²) in [5, 5.41) is 28.3. The van der Waals surface area contributed by atoms with Gasteiger partial charge in [0.1, 0.15) is 22.8 Å². The lowest BCUT2D eigenvalue weighted by Crippen LogP contribution is -2.40. The maximum atomic E-state index is 9.48. The maximum Gasteiger partial charge on any atom is 0.115 e. The molecule has 3 rings (SSSR count). The number of aromatic hydroxyl groups is 3. The van der Waals surface area contributed by atoms with Crippen molar-refractivity contribution in [3.63, 3.8) is 0 Å². The summed E-state index contributed by atoms with van der Waals surface area (Å²) < 4.78 is 18.1. The maximum absolute atomic E-state index is 9.48. The summed E-state index contributed by atoms with van der Waals surface area (Å²) in [6, 6.07) is 21.1. The van der Waals surface area contributed by atoms with Gasteiger partial charge in [-0.15, -0.1) is 0 Å². The second-order valence-electron chi connectivity index (χ2n) is 8.34. The van der Waals surface area contributed by atoms with Gasteiger partial charge < -0.3 is 29.5 Å². The normalized spacial score (nSPS) is 11.5. The van der Waals surface area contributed by atoms with Crippen molar-refractivity contribution in [2.75, 3.05) is 26.4 Å². The van der Waals surface area contributed by atoms with E-state index in [0.717, 1.165) is 29.5 Å². The topological polar surface area (TPSA) is 88.4 Å². The number of benzene rings is 3. The van der Waals surface area contributed by atoms with Gasteiger partial charge in [0.2, 0.25) is 0 Å². The van der Waals surface area contributed by atoms with Crippen LogP contribution < -0.4 is 0 Å². The highest BCUT2D eigenvalue weighted by Crippen LogP contribution is 2.18. The Morgan fingerprint density at radius 2 is 0.939 bits per heavy atom.